The lowest BCUT2D eigenvalue weighted by atomic mass is 9.98. The zero-order valence-corrected chi connectivity index (χ0v) is 21.9. The van der Waals surface area contributed by atoms with Crippen LogP contribution >= 0.6 is 15.9 Å². The molecule has 3 aromatic carbocycles. The molecule has 0 aliphatic rings. The van der Waals surface area contributed by atoms with Gasteiger partial charge in [-0.1, -0.05) is 82.7 Å². The summed E-state index contributed by atoms with van der Waals surface area (Å²) in [6.45, 7) is 6.22. The fourth-order valence-electron chi connectivity index (χ4n) is 4.45. The molecule has 0 aliphatic carbocycles. The van der Waals surface area contributed by atoms with Crippen LogP contribution < -0.4 is 0 Å². The minimum Gasteiger partial charge on any atom is -0.436 e. The second kappa shape index (κ2) is 9.85. The van der Waals surface area contributed by atoms with Crippen LogP contribution in [0, 0.1) is 32.1 Å². The number of aliphatic imine (C=N–C) groups is 1. The quantitative estimate of drug-likeness (QED) is 0.212. The summed E-state index contributed by atoms with van der Waals surface area (Å²) in [5.41, 5.74) is 8.39. The van der Waals surface area contributed by atoms with Crippen LogP contribution in [0.25, 0.3) is 28.1 Å². The van der Waals surface area contributed by atoms with Crippen molar-refractivity contribution >= 4 is 28.0 Å². The molecule has 0 radical (unpaired) electrons. The van der Waals surface area contributed by atoms with Crippen molar-refractivity contribution in [1.29, 1.82) is 5.26 Å². The summed E-state index contributed by atoms with van der Waals surface area (Å²) >= 11 is 3.64. The van der Waals surface area contributed by atoms with Gasteiger partial charge in [0.05, 0.1) is 0 Å². The van der Waals surface area contributed by atoms with Crippen molar-refractivity contribution < 1.29 is 4.42 Å². The lowest BCUT2D eigenvalue weighted by Gasteiger charge is -2.11. The number of hydrogen-bond donors (Lipinski definition) is 0. The maximum Gasteiger partial charge on any atom is 0.238 e. The summed E-state index contributed by atoms with van der Waals surface area (Å²) in [5.74, 6) is 0.943. The summed E-state index contributed by atoms with van der Waals surface area (Å²) in [6.07, 6.45) is 1.78. The molecule has 0 amide bonds. The Labute approximate surface area is 219 Å². The van der Waals surface area contributed by atoms with Crippen LogP contribution in [-0.2, 0) is 0 Å². The van der Waals surface area contributed by atoms with Gasteiger partial charge in [-0.2, -0.15) is 5.26 Å². The van der Waals surface area contributed by atoms with E-state index in [1.807, 2.05) is 60.7 Å². The molecule has 176 valence electrons. The molecule has 2 heterocycles. The molecule has 0 N–H and O–H groups in total. The molecule has 0 aliphatic heterocycles. The third kappa shape index (κ3) is 4.32. The van der Waals surface area contributed by atoms with Crippen molar-refractivity contribution in [3.8, 4) is 34.2 Å². The predicted octanol–water partition coefficient (Wildman–Crippen LogP) is 8.71. The van der Waals surface area contributed by atoms with Gasteiger partial charge in [0.15, 0.2) is 0 Å². The van der Waals surface area contributed by atoms with Crippen LogP contribution in [-0.4, -0.2) is 10.8 Å². The van der Waals surface area contributed by atoms with Crippen molar-refractivity contribution in [2.75, 3.05) is 0 Å². The average molecular weight is 534 g/mol. The van der Waals surface area contributed by atoms with Gasteiger partial charge >= 0.3 is 0 Å². The van der Waals surface area contributed by atoms with E-state index in [0.717, 1.165) is 43.8 Å². The third-order valence-electron chi connectivity index (χ3n) is 6.30. The van der Waals surface area contributed by atoms with Gasteiger partial charge < -0.3 is 8.98 Å². The van der Waals surface area contributed by atoms with Gasteiger partial charge in [0.1, 0.15) is 17.4 Å². The number of hydrogen-bond acceptors (Lipinski definition) is 3. The Hall–Kier alpha value is -4.14. The second-order valence-electron chi connectivity index (χ2n) is 8.68. The van der Waals surface area contributed by atoms with Gasteiger partial charge in [-0.15, -0.1) is 0 Å². The molecule has 0 saturated carbocycles. The number of rotatable bonds is 5. The second-order valence-corrected chi connectivity index (χ2v) is 9.54. The molecule has 5 rings (SSSR count). The molecule has 0 unspecified atom stereocenters. The van der Waals surface area contributed by atoms with Crippen molar-refractivity contribution in [2.45, 2.75) is 20.8 Å². The van der Waals surface area contributed by atoms with Crippen LogP contribution in [0.1, 0.15) is 28.1 Å². The van der Waals surface area contributed by atoms with Crippen LogP contribution in [0.4, 0.5) is 5.88 Å². The molecule has 5 heteroatoms. The van der Waals surface area contributed by atoms with E-state index in [2.05, 4.69) is 76.6 Å². The van der Waals surface area contributed by atoms with Gasteiger partial charge in [0, 0.05) is 44.5 Å². The molecule has 5 aromatic rings. The van der Waals surface area contributed by atoms with Crippen molar-refractivity contribution in [3.63, 3.8) is 0 Å². The summed E-state index contributed by atoms with van der Waals surface area (Å²) in [6, 6.07) is 30.4. The first kappa shape index (κ1) is 23.6. The highest BCUT2D eigenvalue weighted by Crippen LogP contribution is 2.42. The van der Waals surface area contributed by atoms with Gasteiger partial charge in [-0.25, -0.2) is 4.99 Å². The number of aryl methyl sites for hydroxylation is 2. The highest BCUT2D eigenvalue weighted by atomic mass is 79.9. The molecule has 0 bridgehead atoms. The maximum atomic E-state index is 10.1. The van der Waals surface area contributed by atoms with E-state index in [9.17, 15) is 5.26 Å². The number of halogens is 1. The summed E-state index contributed by atoms with van der Waals surface area (Å²) in [5, 5.41) is 10.1. The molecule has 36 heavy (non-hydrogen) atoms. The number of nitriles is 1. The Kier molecular flexibility index (Phi) is 6.45. The van der Waals surface area contributed by atoms with Crippen molar-refractivity contribution in [3.05, 3.63) is 117 Å². The highest BCUT2D eigenvalue weighted by molar-refractivity contribution is 9.10. The molecular weight excluding hydrogens is 510 g/mol. The lowest BCUT2D eigenvalue weighted by molar-refractivity contribution is 0.593. The van der Waals surface area contributed by atoms with E-state index in [-0.39, 0.29) is 0 Å². The number of aromatic nitrogens is 1. The average Bonchev–Trinajstić information content (AvgIpc) is 3.41. The van der Waals surface area contributed by atoms with Crippen LogP contribution in [0.15, 0.2) is 98.8 Å². The Morgan fingerprint density at radius 1 is 0.889 bits per heavy atom. The third-order valence-corrected chi connectivity index (χ3v) is 7.16. The topological polar surface area (TPSA) is 54.2 Å². The first-order valence-electron chi connectivity index (χ1n) is 11.6. The standard InChI is InChI=1S/C31H24BrN3O/c1-20-14-15-26(17-28(20)32)35-21(2)16-25(22(35)3)19-34-31-27(18-33)29(23-10-6-4-7-11-23)30(36-31)24-12-8-5-9-13-24/h4-17,19H,1-3H3. The SMILES string of the molecule is Cc1ccc(-n2c(C)cc(C=Nc3oc(-c4ccccc4)c(-c4ccccc4)c3C#N)c2C)cc1Br. The first-order chi connectivity index (χ1) is 17.5. The zero-order valence-electron chi connectivity index (χ0n) is 20.3. The minimum absolute atomic E-state index is 0.304. The highest BCUT2D eigenvalue weighted by Gasteiger charge is 2.22. The Morgan fingerprint density at radius 2 is 1.56 bits per heavy atom. The van der Waals surface area contributed by atoms with Gasteiger partial charge in [-0.3, -0.25) is 0 Å². The molecule has 0 spiro atoms. The number of benzene rings is 3. The zero-order chi connectivity index (χ0) is 25.2. The molecule has 4 nitrogen and oxygen atoms in total. The number of nitrogens with zero attached hydrogens (tertiary/aromatic N) is 3. The van der Waals surface area contributed by atoms with Gasteiger partial charge in [0.2, 0.25) is 5.88 Å². The summed E-state index contributed by atoms with van der Waals surface area (Å²) < 4.78 is 9.52. The van der Waals surface area contributed by atoms with Crippen molar-refractivity contribution in [1.82, 2.24) is 4.57 Å². The van der Waals surface area contributed by atoms with E-state index in [1.165, 1.54) is 5.56 Å². The summed E-state index contributed by atoms with van der Waals surface area (Å²) in [7, 11) is 0. The van der Waals surface area contributed by atoms with Crippen LogP contribution in [0.3, 0.4) is 0 Å². The fourth-order valence-corrected chi connectivity index (χ4v) is 4.82. The first-order valence-corrected chi connectivity index (χ1v) is 12.4. The Balaban J connectivity index is 1.61. The molecule has 0 saturated heterocycles. The van der Waals surface area contributed by atoms with E-state index in [4.69, 9.17) is 4.42 Å². The lowest BCUT2D eigenvalue weighted by Crippen LogP contribution is -2.00. The van der Waals surface area contributed by atoms with Crippen LogP contribution in [0.5, 0.6) is 0 Å². The van der Waals surface area contributed by atoms with Crippen LogP contribution in [0.2, 0.25) is 0 Å². The molecule has 2 aromatic heterocycles. The smallest absolute Gasteiger partial charge is 0.238 e. The Bertz CT molecular complexity index is 1620. The predicted molar refractivity (Wildman–Crippen MR) is 149 cm³/mol. The molecular formula is C31H24BrN3O. The maximum absolute atomic E-state index is 10.1. The van der Waals surface area contributed by atoms with E-state index < -0.39 is 0 Å². The number of furan rings is 1. The summed E-state index contributed by atoms with van der Waals surface area (Å²) in [4.78, 5) is 4.68. The largest absolute Gasteiger partial charge is 0.436 e. The van der Waals surface area contributed by atoms with Gasteiger partial charge in [-0.05, 0) is 50.1 Å². The van der Waals surface area contributed by atoms with Crippen molar-refractivity contribution in [2.24, 2.45) is 4.99 Å². The normalized spacial score (nSPS) is 11.2. The minimum atomic E-state index is 0.304. The Morgan fingerprint density at radius 3 is 2.19 bits per heavy atom. The van der Waals surface area contributed by atoms with E-state index >= 15 is 0 Å². The fraction of sp³-hybridized carbons (Fsp3) is 0.0968. The molecule has 0 fully saturated rings. The monoisotopic (exact) mass is 533 g/mol. The van der Waals surface area contributed by atoms with Gasteiger partial charge in [0.25, 0.3) is 0 Å². The van der Waals surface area contributed by atoms with E-state index in [1.54, 1.807) is 6.21 Å². The van der Waals surface area contributed by atoms with E-state index in [0.29, 0.717) is 17.2 Å². The molecule has 0 atom stereocenters.